The third-order valence-corrected chi connectivity index (χ3v) is 5.22. The predicted octanol–water partition coefficient (Wildman–Crippen LogP) is 0.0329. The molecule has 2 aromatic rings. The Hall–Kier alpha value is -0.460. The molecule has 3 nitrogen and oxygen atoms in total. The molecule has 1 aromatic carbocycles. The van der Waals surface area contributed by atoms with Gasteiger partial charge in [-0.3, -0.25) is 4.79 Å². The molecule has 0 fully saturated rings. The van der Waals surface area contributed by atoms with Crippen molar-refractivity contribution in [2.24, 2.45) is 7.05 Å². The number of halogens is 3. The molecule has 6 heteroatoms. The molecule has 0 amide bonds. The minimum Gasteiger partial charge on any atom is -1.00 e. The number of imidazole rings is 1. The molecule has 19 heavy (non-hydrogen) atoms. The first-order valence-corrected chi connectivity index (χ1v) is 7.09. The standard InChI is InChI=1S/C13H13Br2N2O.BrH/c1-9-16(2)12(14)13(15)17(9)8-11(18)10-6-4-3-5-7-10;/h3-7H,8H2,1-2H3;1H/q+1;/p-1. The van der Waals surface area contributed by atoms with E-state index in [9.17, 15) is 4.79 Å². The molecule has 0 spiro atoms. The van der Waals surface area contributed by atoms with E-state index in [1.54, 1.807) is 0 Å². The van der Waals surface area contributed by atoms with Crippen LogP contribution in [0.5, 0.6) is 0 Å². The number of carbonyl (C=O) groups excluding carboxylic acids is 1. The van der Waals surface area contributed by atoms with Gasteiger partial charge in [-0.1, -0.05) is 30.3 Å². The van der Waals surface area contributed by atoms with Gasteiger partial charge in [-0.15, -0.1) is 0 Å². The summed E-state index contributed by atoms with van der Waals surface area (Å²) >= 11 is 6.98. The monoisotopic (exact) mass is 450 g/mol. The Morgan fingerprint density at radius 2 is 1.84 bits per heavy atom. The summed E-state index contributed by atoms with van der Waals surface area (Å²) in [7, 11) is 1.95. The first-order chi connectivity index (χ1) is 8.52. The fourth-order valence-corrected chi connectivity index (χ4v) is 2.88. The van der Waals surface area contributed by atoms with Crippen molar-refractivity contribution in [1.29, 1.82) is 0 Å². The van der Waals surface area contributed by atoms with Crippen molar-refractivity contribution in [3.63, 3.8) is 0 Å². The van der Waals surface area contributed by atoms with Crippen LogP contribution in [0.1, 0.15) is 16.2 Å². The second-order valence-electron chi connectivity index (χ2n) is 4.06. The fourth-order valence-electron chi connectivity index (χ4n) is 1.76. The van der Waals surface area contributed by atoms with Crippen LogP contribution in [0.15, 0.2) is 39.5 Å². The second-order valence-corrected chi connectivity index (χ2v) is 5.57. The van der Waals surface area contributed by atoms with Crippen LogP contribution in [0.25, 0.3) is 0 Å². The van der Waals surface area contributed by atoms with Gasteiger partial charge in [-0.05, 0) is 0 Å². The van der Waals surface area contributed by atoms with Crippen molar-refractivity contribution in [2.75, 3.05) is 0 Å². The second kappa shape index (κ2) is 6.81. The molecule has 0 saturated carbocycles. The van der Waals surface area contributed by atoms with Crippen LogP contribution in [0.4, 0.5) is 0 Å². The van der Waals surface area contributed by atoms with E-state index in [0.717, 1.165) is 20.6 Å². The largest absolute Gasteiger partial charge is 1.00 e. The van der Waals surface area contributed by atoms with Crippen LogP contribution in [-0.2, 0) is 13.6 Å². The minimum atomic E-state index is 0. The molecule has 1 aromatic heterocycles. The number of aromatic nitrogens is 2. The van der Waals surface area contributed by atoms with Crippen LogP contribution in [0.2, 0.25) is 0 Å². The molecular weight excluding hydrogens is 440 g/mol. The molecule has 0 atom stereocenters. The Morgan fingerprint density at radius 3 is 2.32 bits per heavy atom. The van der Waals surface area contributed by atoms with Gasteiger partial charge >= 0.3 is 0 Å². The minimum absolute atomic E-state index is 0. The lowest BCUT2D eigenvalue weighted by Crippen LogP contribution is -3.00. The maximum Gasteiger partial charge on any atom is 0.255 e. The molecule has 1 heterocycles. The van der Waals surface area contributed by atoms with Gasteiger partial charge in [0.25, 0.3) is 5.82 Å². The van der Waals surface area contributed by atoms with E-state index >= 15 is 0 Å². The van der Waals surface area contributed by atoms with Crippen molar-refractivity contribution < 1.29 is 26.3 Å². The number of ketones is 1. The number of Topliss-reactive ketones (excluding diaryl/α,β-unsaturated/α-hetero) is 1. The molecule has 0 N–H and O–H groups in total. The Bertz CT molecular complexity index is 568. The summed E-state index contributed by atoms with van der Waals surface area (Å²) in [4.78, 5) is 12.2. The Labute approximate surface area is 139 Å². The van der Waals surface area contributed by atoms with Gasteiger partial charge in [0.2, 0.25) is 15.0 Å². The Kier molecular flexibility index (Phi) is 5.95. The SMILES string of the molecule is Cc1n(CC(=O)c2ccccc2)c(Br)c(Br)[n+]1C.[Br-]. The van der Waals surface area contributed by atoms with Crippen molar-refractivity contribution in [1.82, 2.24) is 4.57 Å². The molecule has 0 aliphatic carbocycles. The lowest BCUT2D eigenvalue weighted by molar-refractivity contribution is -0.688. The number of carbonyl (C=O) groups is 1. The van der Waals surface area contributed by atoms with Crippen LogP contribution in [-0.4, -0.2) is 10.4 Å². The smallest absolute Gasteiger partial charge is 0.255 e. The van der Waals surface area contributed by atoms with Gasteiger partial charge in [0, 0.05) is 44.3 Å². The highest BCUT2D eigenvalue weighted by Gasteiger charge is 2.24. The zero-order chi connectivity index (χ0) is 13.3. The third kappa shape index (κ3) is 3.35. The summed E-state index contributed by atoms with van der Waals surface area (Å²) in [6.45, 7) is 2.31. The van der Waals surface area contributed by atoms with Gasteiger partial charge in [0.15, 0.2) is 6.54 Å². The normalized spacial score (nSPS) is 10.1. The lowest BCUT2D eigenvalue weighted by atomic mass is 10.1. The van der Waals surface area contributed by atoms with Gasteiger partial charge < -0.3 is 17.0 Å². The average Bonchev–Trinajstić information content (AvgIpc) is 2.57. The van der Waals surface area contributed by atoms with E-state index in [2.05, 4.69) is 31.9 Å². The number of benzene rings is 1. The molecule has 102 valence electrons. The molecule has 0 unspecified atom stereocenters. The van der Waals surface area contributed by atoms with Gasteiger partial charge in [0.1, 0.15) is 0 Å². The van der Waals surface area contributed by atoms with Gasteiger partial charge in [-0.2, -0.15) is 0 Å². The van der Waals surface area contributed by atoms with Gasteiger partial charge in [-0.25, -0.2) is 9.13 Å². The topological polar surface area (TPSA) is 25.9 Å². The zero-order valence-corrected chi connectivity index (χ0v) is 15.3. The summed E-state index contributed by atoms with van der Waals surface area (Å²) in [6, 6.07) is 9.33. The highest BCUT2D eigenvalue weighted by Crippen LogP contribution is 2.22. The first-order valence-electron chi connectivity index (χ1n) is 5.50. The molecule has 0 saturated heterocycles. The maximum atomic E-state index is 12.2. The quantitative estimate of drug-likeness (QED) is 0.477. The molecule has 0 aliphatic rings. The third-order valence-electron chi connectivity index (χ3n) is 2.98. The van der Waals surface area contributed by atoms with E-state index in [0.29, 0.717) is 6.54 Å². The summed E-state index contributed by atoms with van der Waals surface area (Å²) in [5, 5.41) is 0. The van der Waals surface area contributed by atoms with Crippen LogP contribution < -0.4 is 21.5 Å². The van der Waals surface area contributed by atoms with Crippen molar-refractivity contribution >= 4 is 37.6 Å². The summed E-state index contributed by atoms with van der Waals surface area (Å²) in [6.07, 6.45) is 0. The molecule has 2 rings (SSSR count). The van der Waals surface area contributed by atoms with E-state index in [1.807, 2.05) is 53.4 Å². The summed E-state index contributed by atoms with van der Waals surface area (Å²) < 4.78 is 5.74. The molecular formula is C13H13Br3N2O. The molecule has 0 bridgehead atoms. The van der Waals surface area contributed by atoms with Crippen LogP contribution >= 0.6 is 31.9 Å². The van der Waals surface area contributed by atoms with E-state index in [-0.39, 0.29) is 22.8 Å². The lowest BCUT2D eigenvalue weighted by Gasteiger charge is -2.00. The molecule has 0 radical (unpaired) electrons. The summed E-state index contributed by atoms with van der Waals surface area (Å²) in [5.41, 5.74) is 0.733. The Balaban J connectivity index is 0.00000180. The highest BCUT2D eigenvalue weighted by atomic mass is 79.9. The maximum absolute atomic E-state index is 12.2. The number of hydrogen-bond donors (Lipinski definition) is 0. The average molecular weight is 453 g/mol. The van der Waals surface area contributed by atoms with E-state index in [4.69, 9.17) is 0 Å². The summed E-state index contributed by atoms with van der Waals surface area (Å²) in [5.74, 6) is 1.11. The fraction of sp³-hybridized carbons (Fsp3) is 0.231. The van der Waals surface area contributed by atoms with Crippen LogP contribution in [0.3, 0.4) is 0 Å². The predicted molar refractivity (Wildman–Crippen MR) is 76.5 cm³/mol. The highest BCUT2D eigenvalue weighted by molar-refractivity contribution is 9.13. The van der Waals surface area contributed by atoms with E-state index < -0.39 is 0 Å². The van der Waals surface area contributed by atoms with Gasteiger partial charge in [0.05, 0.1) is 7.05 Å². The van der Waals surface area contributed by atoms with Crippen molar-refractivity contribution in [3.05, 3.63) is 50.9 Å². The number of rotatable bonds is 3. The van der Waals surface area contributed by atoms with Crippen molar-refractivity contribution in [2.45, 2.75) is 13.5 Å². The van der Waals surface area contributed by atoms with Crippen LogP contribution in [0, 0.1) is 6.92 Å². The Morgan fingerprint density at radius 1 is 1.26 bits per heavy atom. The number of nitrogens with zero attached hydrogens (tertiary/aromatic N) is 2. The van der Waals surface area contributed by atoms with Crippen molar-refractivity contribution in [3.8, 4) is 0 Å². The zero-order valence-electron chi connectivity index (χ0n) is 10.5. The molecule has 0 aliphatic heterocycles. The van der Waals surface area contributed by atoms with E-state index in [1.165, 1.54) is 0 Å². The first kappa shape index (κ1) is 16.6. The number of hydrogen-bond acceptors (Lipinski definition) is 1.